The summed E-state index contributed by atoms with van der Waals surface area (Å²) in [5, 5.41) is 6.13. The van der Waals surface area contributed by atoms with Crippen molar-refractivity contribution in [3.8, 4) is 11.5 Å². The number of allylic oxidation sites excluding steroid dienone is 1. The van der Waals surface area contributed by atoms with Crippen molar-refractivity contribution >= 4 is 11.9 Å². The predicted molar refractivity (Wildman–Crippen MR) is 91.0 cm³/mol. The maximum Gasteiger partial charge on any atom is 0.431 e. The van der Waals surface area contributed by atoms with Gasteiger partial charge in [0.25, 0.3) is 0 Å². The van der Waals surface area contributed by atoms with Gasteiger partial charge < -0.3 is 19.5 Å². The van der Waals surface area contributed by atoms with Gasteiger partial charge in [0.1, 0.15) is 18.1 Å². The molecule has 0 amide bonds. The molecule has 1 aliphatic heterocycles. The lowest BCUT2D eigenvalue weighted by molar-refractivity contribution is -0.140. The van der Waals surface area contributed by atoms with Gasteiger partial charge in [0.05, 0.1) is 26.4 Å². The van der Waals surface area contributed by atoms with E-state index in [2.05, 4.69) is 15.4 Å². The van der Waals surface area contributed by atoms with E-state index in [1.807, 2.05) is 0 Å². The van der Waals surface area contributed by atoms with Gasteiger partial charge in [-0.1, -0.05) is 6.07 Å². The Bertz CT molecular complexity index is 923. The Kier molecular flexibility index (Phi) is 5.16. The van der Waals surface area contributed by atoms with E-state index in [0.717, 1.165) is 6.33 Å². The number of fused-ring (bicyclic) bond motifs is 1. The molecular formula is C17H17F3N4O4. The van der Waals surface area contributed by atoms with Crippen LogP contribution in [0, 0.1) is 0 Å². The number of rotatable bonds is 5. The molecular weight excluding hydrogens is 381 g/mol. The molecule has 1 N–H and O–H groups in total. The number of aromatic nitrogens is 3. The summed E-state index contributed by atoms with van der Waals surface area (Å²) >= 11 is 0. The van der Waals surface area contributed by atoms with Crippen LogP contribution in [0.15, 0.2) is 35.8 Å². The van der Waals surface area contributed by atoms with Gasteiger partial charge in [-0.25, -0.2) is 9.48 Å². The fourth-order valence-corrected chi connectivity index (χ4v) is 2.94. The van der Waals surface area contributed by atoms with Crippen molar-refractivity contribution in [1.29, 1.82) is 0 Å². The number of nitrogens with zero attached hydrogens (tertiary/aromatic N) is 3. The molecule has 1 aromatic heterocycles. The molecule has 11 heteroatoms. The van der Waals surface area contributed by atoms with Crippen molar-refractivity contribution in [2.45, 2.75) is 19.1 Å². The Morgan fingerprint density at radius 2 is 1.96 bits per heavy atom. The number of carbonyl (C=O) groups is 1. The standard InChI is InChI=1S/C17H17F3N4O4/c1-4-28-15(25)12-13(9-5-6-10(26-2)11(7-9)27-3)24-16(21-8-22-24)23-14(12)17(18,19)20/h5-8,13H,4H2,1-3H3,(H,21,22,23). The molecule has 0 aliphatic carbocycles. The quantitative estimate of drug-likeness (QED) is 0.775. The molecule has 1 unspecified atom stereocenters. The van der Waals surface area contributed by atoms with Crippen LogP contribution in [0.5, 0.6) is 11.5 Å². The van der Waals surface area contributed by atoms with Crippen LogP contribution in [0.1, 0.15) is 18.5 Å². The molecule has 0 spiro atoms. The third-order valence-corrected chi connectivity index (χ3v) is 4.10. The fraction of sp³-hybridized carbons (Fsp3) is 0.353. The summed E-state index contributed by atoms with van der Waals surface area (Å²) in [6.07, 6.45) is -3.74. The van der Waals surface area contributed by atoms with Crippen molar-refractivity contribution in [3.05, 3.63) is 41.4 Å². The number of carbonyl (C=O) groups excluding carboxylic acids is 1. The number of methoxy groups -OCH3 is 2. The lowest BCUT2D eigenvalue weighted by Gasteiger charge is -2.30. The maximum atomic E-state index is 13.7. The lowest BCUT2D eigenvalue weighted by atomic mass is 9.94. The van der Waals surface area contributed by atoms with Gasteiger partial charge in [-0.15, -0.1) is 0 Å². The summed E-state index contributed by atoms with van der Waals surface area (Å²) in [7, 11) is 2.83. The van der Waals surface area contributed by atoms with E-state index < -0.39 is 29.5 Å². The summed E-state index contributed by atoms with van der Waals surface area (Å²) in [5.41, 5.74) is -1.55. The zero-order chi connectivity index (χ0) is 20.5. The zero-order valence-electron chi connectivity index (χ0n) is 15.2. The van der Waals surface area contributed by atoms with Gasteiger partial charge in [-0.2, -0.15) is 23.3 Å². The number of benzene rings is 1. The van der Waals surface area contributed by atoms with Crippen LogP contribution in [-0.4, -0.2) is 47.7 Å². The Morgan fingerprint density at radius 3 is 2.57 bits per heavy atom. The number of halogens is 3. The number of anilines is 1. The minimum atomic E-state index is -4.84. The summed E-state index contributed by atoms with van der Waals surface area (Å²) < 4.78 is 57.6. The van der Waals surface area contributed by atoms with Crippen molar-refractivity contribution in [2.24, 2.45) is 0 Å². The van der Waals surface area contributed by atoms with Crippen LogP contribution in [0.4, 0.5) is 19.1 Å². The van der Waals surface area contributed by atoms with Crippen LogP contribution in [0.3, 0.4) is 0 Å². The number of nitrogens with one attached hydrogen (secondary N) is 1. The Morgan fingerprint density at radius 1 is 1.25 bits per heavy atom. The molecule has 150 valence electrons. The molecule has 1 aromatic carbocycles. The van der Waals surface area contributed by atoms with E-state index in [1.54, 1.807) is 0 Å². The van der Waals surface area contributed by atoms with Gasteiger partial charge in [0.2, 0.25) is 5.95 Å². The molecule has 0 bridgehead atoms. The second-order valence-corrected chi connectivity index (χ2v) is 5.68. The van der Waals surface area contributed by atoms with Gasteiger partial charge in [-0.05, 0) is 24.6 Å². The third kappa shape index (κ3) is 3.35. The third-order valence-electron chi connectivity index (χ3n) is 4.10. The second kappa shape index (κ2) is 7.41. The highest BCUT2D eigenvalue weighted by Gasteiger charge is 2.46. The zero-order valence-corrected chi connectivity index (χ0v) is 15.2. The Hall–Kier alpha value is -3.24. The maximum absolute atomic E-state index is 13.7. The SMILES string of the molecule is CCOC(=O)C1=C(C(F)(F)F)Nc2ncnn2C1c1ccc(OC)c(OC)c1. The molecule has 2 heterocycles. The van der Waals surface area contributed by atoms with Crippen LogP contribution >= 0.6 is 0 Å². The van der Waals surface area contributed by atoms with E-state index in [4.69, 9.17) is 14.2 Å². The van der Waals surface area contributed by atoms with Gasteiger partial charge in [0, 0.05) is 0 Å². The Balaban J connectivity index is 2.25. The average Bonchev–Trinajstić information content (AvgIpc) is 3.13. The van der Waals surface area contributed by atoms with E-state index >= 15 is 0 Å². The van der Waals surface area contributed by atoms with Crippen molar-refractivity contribution in [2.75, 3.05) is 26.1 Å². The number of alkyl halides is 3. The van der Waals surface area contributed by atoms with E-state index in [-0.39, 0.29) is 18.3 Å². The van der Waals surface area contributed by atoms with E-state index in [9.17, 15) is 18.0 Å². The summed E-state index contributed by atoms with van der Waals surface area (Å²) in [4.78, 5) is 16.3. The number of hydrogen-bond donors (Lipinski definition) is 1. The normalized spacial score (nSPS) is 16.3. The summed E-state index contributed by atoms with van der Waals surface area (Å²) in [5.74, 6) is -0.586. The molecule has 1 atom stereocenters. The molecule has 28 heavy (non-hydrogen) atoms. The first-order chi connectivity index (χ1) is 13.3. The highest BCUT2D eigenvalue weighted by molar-refractivity contribution is 5.93. The first-order valence-corrected chi connectivity index (χ1v) is 8.18. The minimum Gasteiger partial charge on any atom is -0.493 e. The predicted octanol–water partition coefficient (Wildman–Crippen LogP) is 2.69. The smallest absolute Gasteiger partial charge is 0.431 e. The van der Waals surface area contributed by atoms with Crippen LogP contribution in [0.25, 0.3) is 0 Å². The van der Waals surface area contributed by atoms with Crippen molar-refractivity contribution in [3.63, 3.8) is 0 Å². The molecule has 0 radical (unpaired) electrons. The first kappa shape index (κ1) is 19.5. The molecule has 8 nitrogen and oxygen atoms in total. The van der Waals surface area contributed by atoms with Gasteiger partial charge in [0.15, 0.2) is 11.5 Å². The average molecular weight is 398 g/mol. The monoisotopic (exact) mass is 398 g/mol. The first-order valence-electron chi connectivity index (χ1n) is 8.18. The van der Waals surface area contributed by atoms with Crippen molar-refractivity contribution < 1.29 is 32.2 Å². The highest BCUT2D eigenvalue weighted by atomic mass is 19.4. The number of hydrogen-bond acceptors (Lipinski definition) is 7. The molecule has 0 saturated carbocycles. The van der Waals surface area contributed by atoms with Crippen LogP contribution < -0.4 is 14.8 Å². The topological polar surface area (TPSA) is 87.5 Å². The number of esters is 1. The fourth-order valence-electron chi connectivity index (χ4n) is 2.94. The molecule has 1 aliphatic rings. The molecule has 3 rings (SSSR count). The summed E-state index contributed by atoms with van der Waals surface area (Å²) in [6.45, 7) is 1.42. The van der Waals surface area contributed by atoms with E-state index in [0.29, 0.717) is 11.3 Å². The Labute approximate surface area is 157 Å². The van der Waals surface area contributed by atoms with Crippen LogP contribution in [0.2, 0.25) is 0 Å². The molecule has 2 aromatic rings. The highest BCUT2D eigenvalue weighted by Crippen LogP contribution is 2.42. The summed E-state index contributed by atoms with van der Waals surface area (Å²) in [6, 6.07) is 3.31. The van der Waals surface area contributed by atoms with E-state index in [1.165, 1.54) is 44.0 Å². The van der Waals surface area contributed by atoms with Crippen molar-refractivity contribution in [1.82, 2.24) is 14.8 Å². The second-order valence-electron chi connectivity index (χ2n) is 5.68. The lowest BCUT2D eigenvalue weighted by Crippen LogP contribution is -2.35. The number of ether oxygens (including phenoxy) is 3. The minimum absolute atomic E-state index is 0.0870. The molecule has 0 saturated heterocycles. The van der Waals surface area contributed by atoms with Gasteiger partial charge in [-0.3, -0.25) is 0 Å². The molecule has 0 fully saturated rings. The van der Waals surface area contributed by atoms with Gasteiger partial charge >= 0.3 is 12.1 Å². The largest absolute Gasteiger partial charge is 0.493 e. The van der Waals surface area contributed by atoms with Crippen LogP contribution in [-0.2, 0) is 9.53 Å².